The molecule has 0 saturated heterocycles. The SMILES string of the molecule is CC(C)c1nccn1Cc1ccncc1Cl. The van der Waals surface area contributed by atoms with Gasteiger partial charge in [0.25, 0.3) is 0 Å². The van der Waals surface area contributed by atoms with Gasteiger partial charge in [-0.3, -0.25) is 4.98 Å². The Bertz CT molecular complexity index is 477. The summed E-state index contributed by atoms with van der Waals surface area (Å²) in [6, 6.07) is 1.94. The zero-order valence-corrected chi connectivity index (χ0v) is 10.1. The monoisotopic (exact) mass is 235 g/mol. The minimum Gasteiger partial charge on any atom is -0.330 e. The molecular weight excluding hydrogens is 222 g/mol. The molecule has 84 valence electrons. The lowest BCUT2D eigenvalue weighted by Crippen LogP contribution is -2.06. The normalized spacial score (nSPS) is 11.0. The van der Waals surface area contributed by atoms with Crippen molar-refractivity contribution < 1.29 is 0 Å². The standard InChI is InChI=1S/C12H14ClN3/c1-9(2)12-15-5-6-16(12)8-10-3-4-14-7-11(10)13/h3-7,9H,8H2,1-2H3. The lowest BCUT2D eigenvalue weighted by atomic mass is 10.2. The van der Waals surface area contributed by atoms with Gasteiger partial charge in [0.05, 0.1) is 11.6 Å². The average molecular weight is 236 g/mol. The van der Waals surface area contributed by atoms with Crippen LogP contribution < -0.4 is 0 Å². The summed E-state index contributed by atoms with van der Waals surface area (Å²) in [5, 5.41) is 0.700. The van der Waals surface area contributed by atoms with Gasteiger partial charge in [0.2, 0.25) is 0 Å². The second kappa shape index (κ2) is 4.66. The number of nitrogens with zero attached hydrogens (tertiary/aromatic N) is 3. The molecule has 0 aliphatic heterocycles. The van der Waals surface area contributed by atoms with E-state index in [1.54, 1.807) is 12.4 Å². The van der Waals surface area contributed by atoms with Crippen LogP contribution in [0.5, 0.6) is 0 Å². The number of hydrogen-bond donors (Lipinski definition) is 0. The number of hydrogen-bond acceptors (Lipinski definition) is 2. The van der Waals surface area contributed by atoms with Crippen LogP contribution in [0.2, 0.25) is 5.02 Å². The van der Waals surface area contributed by atoms with Crippen LogP contribution in [-0.2, 0) is 6.54 Å². The highest BCUT2D eigenvalue weighted by Crippen LogP contribution is 2.18. The van der Waals surface area contributed by atoms with Gasteiger partial charge < -0.3 is 4.57 Å². The molecule has 16 heavy (non-hydrogen) atoms. The first-order chi connectivity index (χ1) is 7.68. The third-order valence-corrected chi connectivity index (χ3v) is 2.80. The largest absolute Gasteiger partial charge is 0.330 e. The molecule has 0 aromatic carbocycles. The number of imidazole rings is 1. The van der Waals surface area contributed by atoms with Crippen molar-refractivity contribution in [2.24, 2.45) is 0 Å². The summed E-state index contributed by atoms with van der Waals surface area (Å²) in [7, 11) is 0. The molecule has 2 aromatic heterocycles. The molecule has 0 radical (unpaired) electrons. The van der Waals surface area contributed by atoms with E-state index in [0.29, 0.717) is 10.9 Å². The first-order valence-electron chi connectivity index (χ1n) is 5.28. The van der Waals surface area contributed by atoms with Crippen LogP contribution in [0.1, 0.15) is 31.2 Å². The van der Waals surface area contributed by atoms with Crippen molar-refractivity contribution in [3.63, 3.8) is 0 Å². The van der Waals surface area contributed by atoms with Crippen molar-refractivity contribution in [3.05, 3.63) is 47.3 Å². The van der Waals surface area contributed by atoms with E-state index in [2.05, 4.69) is 28.4 Å². The molecule has 0 N–H and O–H groups in total. The maximum Gasteiger partial charge on any atom is 0.111 e. The molecular formula is C12H14ClN3. The van der Waals surface area contributed by atoms with Crippen LogP contribution in [-0.4, -0.2) is 14.5 Å². The van der Waals surface area contributed by atoms with Crippen molar-refractivity contribution in [2.75, 3.05) is 0 Å². The Balaban J connectivity index is 2.27. The fourth-order valence-electron chi connectivity index (χ4n) is 1.67. The third kappa shape index (κ3) is 2.25. The Hall–Kier alpha value is -1.35. The molecule has 0 bridgehead atoms. The van der Waals surface area contributed by atoms with Crippen LogP contribution in [0.25, 0.3) is 0 Å². The quantitative estimate of drug-likeness (QED) is 0.819. The predicted molar refractivity (Wildman–Crippen MR) is 64.7 cm³/mol. The van der Waals surface area contributed by atoms with Crippen LogP contribution in [0, 0.1) is 0 Å². The molecule has 0 aliphatic rings. The molecule has 0 amide bonds. The van der Waals surface area contributed by atoms with Crippen molar-refractivity contribution in [3.8, 4) is 0 Å². The summed E-state index contributed by atoms with van der Waals surface area (Å²) in [4.78, 5) is 8.32. The molecule has 4 heteroatoms. The number of aromatic nitrogens is 3. The van der Waals surface area contributed by atoms with Crippen LogP contribution >= 0.6 is 11.6 Å². The van der Waals surface area contributed by atoms with Crippen LogP contribution in [0.3, 0.4) is 0 Å². The lowest BCUT2D eigenvalue weighted by molar-refractivity contribution is 0.669. The maximum absolute atomic E-state index is 6.08. The molecule has 0 aliphatic carbocycles. The summed E-state index contributed by atoms with van der Waals surface area (Å²) in [5.41, 5.74) is 1.07. The average Bonchev–Trinajstić information content (AvgIpc) is 2.69. The Morgan fingerprint density at radius 2 is 2.19 bits per heavy atom. The van der Waals surface area contributed by atoms with Gasteiger partial charge in [-0.2, -0.15) is 0 Å². The summed E-state index contributed by atoms with van der Waals surface area (Å²) in [6.45, 7) is 5.01. The van der Waals surface area contributed by atoms with E-state index in [-0.39, 0.29) is 0 Å². The molecule has 0 unspecified atom stereocenters. The molecule has 0 saturated carbocycles. The smallest absolute Gasteiger partial charge is 0.111 e. The van der Waals surface area contributed by atoms with Crippen molar-refractivity contribution in [2.45, 2.75) is 26.3 Å². The van der Waals surface area contributed by atoms with E-state index >= 15 is 0 Å². The summed E-state index contributed by atoms with van der Waals surface area (Å²) in [6.07, 6.45) is 7.23. The molecule has 2 aromatic rings. The molecule has 0 spiro atoms. The minimum absolute atomic E-state index is 0.413. The fraction of sp³-hybridized carbons (Fsp3) is 0.333. The fourth-order valence-corrected chi connectivity index (χ4v) is 1.85. The predicted octanol–water partition coefficient (Wildman–Crippen LogP) is 3.10. The zero-order valence-electron chi connectivity index (χ0n) is 9.39. The van der Waals surface area contributed by atoms with Gasteiger partial charge in [-0.25, -0.2) is 4.98 Å². The van der Waals surface area contributed by atoms with Crippen molar-refractivity contribution in [1.82, 2.24) is 14.5 Å². The highest BCUT2D eigenvalue weighted by atomic mass is 35.5. The topological polar surface area (TPSA) is 30.7 Å². The van der Waals surface area contributed by atoms with Gasteiger partial charge in [-0.15, -0.1) is 0 Å². The zero-order chi connectivity index (χ0) is 11.5. The number of pyridine rings is 1. The minimum atomic E-state index is 0.413. The Morgan fingerprint density at radius 3 is 2.88 bits per heavy atom. The summed E-state index contributed by atoms with van der Waals surface area (Å²) >= 11 is 6.08. The van der Waals surface area contributed by atoms with Gasteiger partial charge in [-0.05, 0) is 11.6 Å². The van der Waals surface area contributed by atoms with Gasteiger partial charge >= 0.3 is 0 Å². The number of rotatable bonds is 3. The second-order valence-electron chi connectivity index (χ2n) is 4.04. The van der Waals surface area contributed by atoms with E-state index in [4.69, 9.17) is 11.6 Å². The molecule has 2 heterocycles. The number of halogens is 1. The lowest BCUT2D eigenvalue weighted by Gasteiger charge is -2.10. The van der Waals surface area contributed by atoms with E-state index in [0.717, 1.165) is 17.9 Å². The van der Waals surface area contributed by atoms with Gasteiger partial charge in [0.15, 0.2) is 0 Å². The van der Waals surface area contributed by atoms with Gasteiger partial charge in [0.1, 0.15) is 5.82 Å². The first kappa shape index (κ1) is 11.1. The van der Waals surface area contributed by atoms with E-state index < -0.39 is 0 Å². The highest BCUT2D eigenvalue weighted by molar-refractivity contribution is 6.31. The van der Waals surface area contributed by atoms with E-state index in [1.165, 1.54) is 0 Å². The summed E-state index contributed by atoms with van der Waals surface area (Å²) < 4.78 is 2.12. The summed E-state index contributed by atoms with van der Waals surface area (Å²) in [5.74, 6) is 1.49. The van der Waals surface area contributed by atoms with E-state index in [9.17, 15) is 0 Å². The van der Waals surface area contributed by atoms with Crippen molar-refractivity contribution >= 4 is 11.6 Å². The van der Waals surface area contributed by atoms with Gasteiger partial charge in [0, 0.05) is 30.7 Å². The van der Waals surface area contributed by atoms with Gasteiger partial charge in [-0.1, -0.05) is 25.4 Å². The van der Waals surface area contributed by atoms with E-state index in [1.807, 2.05) is 18.5 Å². The molecule has 2 rings (SSSR count). The second-order valence-corrected chi connectivity index (χ2v) is 4.44. The third-order valence-electron chi connectivity index (χ3n) is 2.46. The Kier molecular flexibility index (Phi) is 3.25. The Morgan fingerprint density at radius 1 is 1.38 bits per heavy atom. The molecule has 0 fully saturated rings. The Labute approximate surface area is 100 Å². The van der Waals surface area contributed by atoms with Crippen molar-refractivity contribution in [1.29, 1.82) is 0 Å². The molecule has 0 atom stereocenters. The molecule has 3 nitrogen and oxygen atoms in total. The first-order valence-corrected chi connectivity index (χ1v) is 5.65. The van der Waals surface area contributed by atoms with Crippen LogP contribution in [0.4, 0.5) is 0 Å². The maximum atomic E-state index is 6.08. The highest BCUT2D eigenvalue weighted by Gasteiger charge is 2.08. The van der Waals surface area contributed by atoms with Crippen LogP contribution in [0.15, 0.2) is 30.9 Å².